The Balaban J connectivity index is 1.59. The highest BCUT2D eigenvalue weighted by molar-refractivity contribution is 5.78. The topological polar surface area (TPSA) is 43.8 Å². The quantitative estimate of drug-likeness (QED) is 0.880. The van der Waals surface area contributed by atoms with Crippen LogP contribution in [0, 0.1) is 0 Å². The van der Waals surface area contributed by atoms with Crippen LogP contribution in [0.5, 0.6) is 0 Å². The second kappa shape index (κ2) is 8.17. The van der Waals surface area contributed by atoms with E-state index in [0.717, 1.165) is 24.9 Å². The van der Waals surface area contributed by atoms with Crippen molar-refractivity contribution in [2.24, 2.45) is 0 Å². The molecule has 0 aromatic heterocycles. The van der Waals surface area contributed by atoms with Gasteiger partial charge in [0.1, 0.15) is 0 Å². The highest BCUT2D eigenvalue weighted by Crippen LogP contribution is 2.25. The molecule has 25 heavy (non-hydrogen) atoms. The van der Waals surface area contributed by atoms with E-state index in [0.29, 0.717) is 19.5 Å². The molecule has 2 aromatic carbocycles. The zero-order valence-electron chi connectivity index (χ0n) is 14.8. The van der Waals surface area contributed by atoms with E-state index in [4.69, 9.17) is 0 Å². The molecule has 1 atom stereocenters. The van der Waals surface area contributed by atoms with Crippen LogP contribution in [0.15, 0.2) is 54.6 Å². The van der Waals surface area contributed by atoms with Gasteiger partial charge in [-0.25, -0.2) is 0 Å². The lowest BCUT2D eigenvalue weighted by Crippen LogP contribution is -2.30. The number of β-amino-alcohol motifs (C(OH)–C–C–N with tert-alkyl or cyclic N) is 1. The number of rotatable bonds is 6. The van der Waals surface area contributed by atoms with Gasteiger partial charge in [0.25, 0.3) is 0 Å². The molecule has 3 rings (SSSR count). The summed E-state index contributed by atoms with van der Waals surface area (Å²) in [4.78, 5) is 16.5. The fraction of sp³-hybridized carbons (Fsp3) is 0.381. The molecule has 1 N–H and O–H groups in total. The number of benzene rings is 2. The number of anilines is 1. The van der Waals surface area contributed by atoms with Gasteiger partial charge in [0.2, 0.25) is 5.91 Å². The second-order valence-electron chi connectivity index (χ2n) is 6.74. The number of para-hydroxylation sites is 1. The maximum atomic E-state index is 12.4. The average molecular weight is 338 g/mol. The Morgan fingerprint density at radius 1 is 1.16 bits per heavy atom. The molecule has 1 aliphatic rings. The summed E-state index contributed by atoms with van der Waals surface area (Å²) in [6.07, 6.45) is 1.85. The van der Waals surface area contributed by atoms with Gasteiger partial charge in [0, 0.05) is 32.4 Å². The molecule has 1 fully saturated rings. The van der Waals surface area contributed by atoms with E-state index >= 15 is 0 Å². The lowest BCUT2D eigenvalue weighted by Gasteiger charge is -2.23. The molecule has 132 valence electrons. The summed E-state index contributed by atoms with van der Waals surface area (Å²) in [6, 6.07) is 18.2. The van der Waals surface area contributed by atoms with Gasteiger partial charge < -0.3 is 14.9 Å². The maximum absolute atomic E-state index is 12.4. The molecule has 0 saturated carbocycles. The number of aliphatic hydroxyl groups is 1. The van der Waals surface area contributed by atoms with Gasteiger partial charge in [-0.3, -0.25) is 4.79 Å². The summed E-state index contributed by atoms with van der Waals surface area (Å²) in [7, 11) is 1.87. The van der Waals surface area contributed by atoms with Crippen molar-refractivity contribution < 1.29 is 9.90 Å². The number of aliphatic hydroxyl groups excluding tert-OH is 1. The van der Waals surface area contributed by atoms with Crippen LogP contribution < -0.4 is 4.90 Å². The fourth-order valence-corrected chi connectivity index (χ4v) is 3.31. The van der Waals surface area contributed by atoms with Gasteiger partial charge in [-0.15, -0.1) is 0 Å². The van der Waals surface area contributed by atoms with Crippen LogP contribution in [0.2, 0.25) is 0 Å². The number of likely N-dealkylation sites (N-methyl/N-ethyl adjacent to an activating group) is 1. The molecule has 1 saturated heterocycles. The number of hydrogen-bond donors (Lipinski definition) is 1. The molecule has 0 spiro atoms. The zero-order valence-corrected chi connectivity index (χ0v) is 14.8. The third-order valence-corrected chi connectivity index (χ3v) is 4.84. The number of carbonyl (C=O) groups excluding carboxylic acids is 1. The minimum atomic E-state index is -0.233. The standard InChI is InChI=1S/C21H26N2O2/c1-22(21(25)15-17-7-3-2-4-8-17)13-11-18-9-5-6-10-20(18)23-14-12-19(24)16-23/h2-10,19,24H,11-16H2,1H3. The van der Waals surface area contributed by atoms with Gasteiger partial charge in [0.15, 0.2) is 0 Å². The van der Waals surface area contributed by atoms with Crippen LogP contribution in [-0.4, -0.2) is 48.7 Å². The Labute approximate surface area is 149 Å². The molecule has 0 aliphatic carbocycles. The molecule has 0 radical (unpaired) electrons. The third kappa shape index (κ3) is 4.60. The van der Waals surface area contributed by atoms with E-state index in [9.17, 15) is 9.90 Å². The smallest absolute Gasteiger partial charge is 0.226 e. The lowest BCUT2D eigenvalue weighted by atomic mass is 10.1. The highest BCUT2D eigenvalue weighted by Gasteiger charge is 2.22. The van der Waals surface area contributed by atoms with Crippen LogP contribution in [0.3, 0.4) is 0 Å². The van der Waals surface area contributed by atoms with E-state index in [1.807, 2.05) is 54.4 Å². The van der Waals surface area contributed by atoms with Crippen LogP contribution in [0.4, 0.5) is 5.69 Å². The number of hydrogen-bond acceptors (Lipinski definition) is 3. The summed E-state index contributed by atoms with van der Waals surface area (Å²) in [6.45, 7) is 2.28. The van der Waals surface area contributed by atoms with Crippen LogP contribution in [0.1, 0.15) is 17.5 Å². The van der Waals surface area contributed by atoms with Crippen LogP contribution in [0.25, 0.3) is 0 Å². The highest BCUT2D eigenvalue weighted by atomic mass is 16.3. The first-order valence-corrected chi connectivity index (χ1v) is 8.92. The Bertz CT molecular complexity index is 702. The van der Waals surface area contributed by atoms with Crippen molar-refractivity contribution in [3.8, 4) is 0 Å². The molecular weight excluding hydrogens is 312 g/mol. The second-order valence-corrected chi connectivity index (χ2v) is 6.74. The average Bonchev–Trinajstić information content (AvgIpc) is 3.07. The van der Waals surface area contributed by atoms with E-state index < -0.39 is 0 Å². The summed E-state index contributed by atoms with van der Waals surface area (Å²) in [5, 5.41) is 9.79. The molecule has 4 nitrogen and oxygen atoms in total. The van der Waals surface area contributed by atoms with E-state index in [1.54, 1.807) is 0 Å². The van der Waals surface area contributed by atoms with Gasteiger partial charge in [-0.05, 0) is 30.0 Å². The van der Waals surface area contributed by atoms with Gasteiger partial charge in [-0.1, -0.05) is 48.5 Å². The molecule has 1 amide bonds. The lowest BCUT2D eigenvalue weighted by molar-refractivity contribution is -0.129. The molecular formula is C21H26N2O2. The largest absolute Gasteiger partial charge is 0.391 e. The molecule has 1 heterocycles. The first kappa shape index (κ1) is 17.5. The summed E-state index contributed by atoms with van der Waals surface area (Å²) in [5.41, 5.74) is 3.46. The fourth-order valence-electron chi connectivity index (χ4n) is 3.31. The minimum absolute atomic E-state index is 0.139. The Kier molecular flexibility index (Phi) is 5.71. The number of carbonyl (C=O) groups is 1. The third-order valence-electron chi connectivity index (χ3n) is 4.84. The minimum Gasteiger partial charge on any atom is -0.391 e. The van der Waals surface area contributed by atoms with Crippen LogP contribution >= 0.6 is 0 Å². The summed E-state index contributed by atoms with van der Waals surface area (Å²) >= 11 is 0. The van der Waals surface area contributed by atoms with E-state index in [2.05, 4.69) is 17.0 Å². The SMILES string of the molecule is CN(CCc1ccccc1N1CCC(O)C1)C(=O)Cc1ccccc1. The molecule has 2 aromatic rings. The molecule has 1 unspecified atom stereocenters. The first-order valence-electron chi connectivity index (χ1n) is 8.92. The van der Waals surface area contributed by atoms with Gasteiger partial charge in [0.05, 0.1) is 12.5 Å². The predicted molar refractivity (Wildman–Crippen MR) is 101 cm³/mol. The van der Waals surface area contributed by atoms with Crippen molar-refractivity contribution in [1.29, 1.82) is 0 Å². The van der Waals surface area contributed by atoms with Gasteiger partial charge in [-0.2, -0.15) is 0 Å². The number of nitrogens with zero attached hydrogens (tertiary/aromatic N) is 2. The predicted octanol–water partition coefficient (Wildman–Crippen LogP) is 2.50. The van der Waals surface area contributed by atoms with Crippen molar-refractivity contribution in [2.75, 3.05) is 31.6 Å². The van der Waals surface area contributed by atoms with Crippen molar-refractivity contribution in [2.45, 2.75) is 25.4 Å². The van der Waals surface area contributed by atoms with Crippen LogP contribution in [-0.2, 0) is 17.6 Å². The summed E-state index contributed by atoms with van der Waals surface area (Å²) in [5.74, 6) is 0.139. The van der Waals surface area contributed by atoms with E-state index in [1.165, 1.54) is 11.3 Å². The monoisotopic (exact) mass is 338 g/mol. The normalized spacial score (nSPS) is 16.9. The summed E-state index contributed by atoms with van der Waals surface area (Å²) < 4.78 is 0. The Morgan fingerprint density at radius 2 is 1.88 bits per heavy atom. The van der Waals surface area contributed by atoms with Crippen molar-refractivity contribution in [3.05, 3.63) is 65.7 Å². The van der Waals surface area contributed by atoms with Crippen molar-refractivity contribution in [1.82, 2.24) is 4.90 Å². The van der Waals surface area contributed by atoms with Crippen molar-refractivity contribution in [3.63, 3.8) is 0 Å². The Hall–Kier alpha value is -2.33. The first-order chi connectivity index (χ1) is 12.1. The number of amides is 1. The molecule has 4 heteroatoms. The van der Waals surface area contributed by atoms with Crippen molar-refractivity contribution >= 4 is 11.6 Å². The zero-order chi connectivity index (χ0) is 17.6. The maximum Gasteiger partial charge on any atom is 0.226 e. The Morgan fingerprint density at radius 3 is 2.60 bits per heavy atom. The molecule has 1 aliphatic heterocycles. The van der Waals surface area contributed by atoms with E-state index in [-0.39, 0.29) is 12.0 Å². The molecule has 0 bridgehead atoms. The van der Waals surface area contributed by atoms with Gasteiger partial charge >= 0.3 is 0 Å².